The van der Waals surface area contributed by atoms with E-state index in [1.165, 1.54) is 10.9 Å². The van der Waals surface area contributed by atoms with Gasteiger partial charge in [-0.2, -0.15) is 18.3 Å². The predicted octanol–water partition coefficient (Wildman–Crippen LogP) is 2.79. The number of anilines is 1. The lowest BCUT2D eigenvalue weighted by molar-refractivity contribution is -0.141. The van der Waals surface area contributed by atoms with Crippen LogP contribution in [0.5, 0.6) is 0 Å². The molecular weight excluding hydrogens is 371 g/mol. The summed E-state index contributed by atoms with van der Waals surface area (Å²) in [6.07, 6.45) is -0.855. The summed E-state index contributed by atoms with van der Waals surface area (Å²) >= 11 is 0. The van der Waals surface area contributed by atoms with Gasteiger partial charge in [-0.3, -0.25) is 4.72 Å². The van der Waals surface area contributed by atoms with Crippen LogP contribution in [-0.2, 0) is 16.2 Å². The summed E-state index contributed by atoms with van der Waals surface area (Å²) in [5, 5.41) is 3.93. The van der Waals surface area contributed by atoms with Crippen LogP contribution in [0.1, 0.15) is 11.3 Å². The van der Waals surface area contributed by atoms with Gasteiger partial charge in [-0.15, -0.1) is 0 Å². The van der Waals surface area contributed by atoms with E-state index in [1.807, 2.05) is 11.6 Å². The minimum atomic E-state index is -4.68. The highest BCUT2D eigenvalue weighted by Gasteiger charge is 2.32. The van der Waals surface area contributed by atoms with Crippen molar-refractivity contribution >= 4 is 15.8 Å². The van der Waals surface area contributed by atoms with Crippen molar-refractivity contribution in [2.75, 3.05) is 4.72 Å². The van der Waals surface area contributed by atoms with Crippen molar-refractivity contribution in [1.82, 2.24) is 19.7 Å². The standard InChI is InChI=1S/C15H12F3N5O2S/c1-10-5-6-19-14(7-10)23-9-11(8-20-23)26(24,25)22-13-4-2-3-12(21-13)15(16,17)18/h2-9H,1H3,(H,21,22). The number of hydrogen-bond acceptors (Lipinski definition) is 5. The molecule has 0 amide bonds. The lowest BCUT2D eigenvalue weighted by Crippen LogP contribution is -2.15. The van der Waals surface area contributed by atoms with Crippen LogP contribution in [0.3, 0.4) is 0 Å². The number of rotatable bonds is 4. The highest BCUT2D eigenvalue weighted by atomic mass is 32.2. The second-order valence-electron chi connectivity index (χ2n) is 5.32. The van der Waals surface area contributed by atoms with Gasteiger partial charge < -0.3 is 0 Å². The Morgan fingerprint density at radius 1 is 1.19 bits per heavy atom. The molecule has 1 N–H and O–H groups in total. The largest absolute Gasteiger partial charge is 0.433 e. The van der Waals surface area contributed by atoms with E-state index in [1.54, 1.807) is 18.3 Å². The fourth-order valence-corrected chi connectivity index (χ4v) is 2.99. The van der Waals surface area contributed by atoms with Crippen molar-refractivity contribution in [3.05, 3.63) is 60.2 Å². The summed E-state index contributed by atoms with van der Waals surface area (Å²) in [7, 11) is -4.16. The molecule has 0 aliphatic heterocycles. The topological polar surface area (TPSA) is 89.8 Å². The number of halogens is 3. The molecule has 136 valence electrons. The third-order valence-electron chi connectivity index (χ3n) is 3.28. The maximum Gasteiger partial charge on any atom is 0.433 e. The van der Waals surface area contributed by atoms with Crippen molar-refractivity contribution in [2.45, 2.75) is 18.0 Å². The fourth-order valence-electron chi connectivity index (χ4n) is 2.06. The van der Waals surface area contributed by atoms with E-state index in [-0.39, 0.29) is 4.90 Å². The lowest BCUT2D eigenvalue weighted by Gasteiger charge is -2.09. The number of nitrogens with one attached hydrogen (secondary N) is 1. The van der Waals surface area contributed by atoms with Crippen molar-refractivity contribution < 1.29 is 21.6 Å². The Bertz CT molecular complexity index is 1050. The van der Waals surface area contributed by atoms with Gasteiger partial charge >= 0.3 is 6.18 Å². The van der Waals surface area contributed by atoms with E-state index >= 15 is 0 Å². The van der Waals surface area contributed by atoms with E-state index in [0.717, 1.165) is 30.0 Å². The second kappa shape index (κ2) is 6.41. The Hall–Kier alpha value is -2.95. The van der Waals surface area contributed by atoms with E-state index in [2.05, 4.69) is 15.1 Å². The molecular formula is C15H12F3N5O2S. The normalized spacial score (nSPS) is 12.2. The zero-order valence-corrected chi connectivity index (χ0v) is 14.1. The number of hydrogen-bond donors (Lipinski definition) is 1. The van der Waals surface area contributed by atoms with E-state index < -0.39 is 27.7 Å². The van der Waals surface area contributed by atoms with Crippen molar-refractivity contribution in [3.63, 3.8) is 0 Å². The number of pyridine rings is 2. The summed E-state index contributed by atoms with van der Waals surface area (Å²) in [4.78, 5) is 7.12. The Morgan fingerprint density at radius 2 is 1.96 bits per heavy atom. The van der Waals surface area contributed by atoms with Crippen LogP contribution >= 0.6 is 0 Å². The molecule has 0 fully saturated rings. The molecule has 0 bridgehead atoms. The first-order valence-corrected chi connectivity index (χ1v) is 8.68. The molecule has 7 nitrogen and oxygen atoms in total. The number of sulfonamides is 1. The predicted molar refractivity (Wildman–Crippen MR) is 86.1 cm³/mol. The molecule has 3 aromatic heterocycles. The molecule has 0 atom stereocenters. The molecule has 3 aromatic rings. The molecule has 0 spiro atoms. The quantitative estimate of drug-likeness (QED) is 0.748. The van der Waals surface area contributed by atoms with Gasteiger partial charge in [0.05, 0.1) is 12.4 Å². The lowest BCUT2D eigenvalue weighted by atomic mass is 10.3. The first kappa shape index (κ1) is 17.9. The molecule has 0 radical (unpaired) electrons. The summed E-state index contributed by atoms with van der Waals surface area (Å²) < 4.78 is 66.1. The van der Waals surface area contributed by atoms with Gasteiger partial charge in [0.2, 0.25) is 0 Å². The average Bonchev–Trinajstić information content (AvgIpc) is 3.05. The van der Waals surface area contributed by atoms with Crippen molar-refractivity contribution in [1.29, 1.82) is 0 Å². The Morgan fingerprint density at radius 3 is 2.65 bits per heavy atom. The van der Waals surface area contributed by atoms with Gasteiger partial charge in [0.25, 0.3) is 10.0 Å². The number of nitrogens with zero attached hydrogens (tertiary/aromatic N) is 4. The zero-order chi connectivity index (χ0) is 18.9. The van der Waals surface area contributed by atoms with Crippen LogP contribution < -0.4 is 4.72 Å². The molecule has 0 aliphatic rings. The van der Waals surface area contributed by atoms with Crippen molar-refractivity contribution in [3.8, 4) is 5.82 Å². The number of alkyl halides is 3. The molecule has 11 heteroatoms. The highest BCUT2D eigenvalue weighted by molar-refractivity contribution is 7.92. The third-order valence-corrected chi connectivity index (χ3v) is 4.59. The van der Waals surface area contributed by atoms with Crippen LogP contribution in [0.15, 0.2) is 53.8 Å². The van der Waals surface area contributed by atoms with E-state index in [4.69, 9.17) is 0 Å². The molecule has 0 aliphatic carbocycles. The molecule has 0 saturated carbocycles. The third kappa shape index (κ3) is 3.82. The Kier molecular flexibility index (Phi) is 4.40. The van der Waals surface area contributed by atoms with Gasteiger partial charge in [-0.25, -0.2) is 23.1 Å². The van der Waals surface area contributed by atoms with E-state index in [0.29, 0.717) is 5.82 Å². The first-order chi connectivity index (χ1) is 12.1. The van der Waals surface area contributed by atoms with Crippen LogP contribution in [0.25, 0.3) is 5.82 Å². The highest BCUT2D eigenvalue weighted by Crippen LogP contribution is 2.28. The molecule has 3 heterocycles. The summed E-state index contributed by atoms with van der Waals surface area (Å²) in [5.74, 6) is -0.0371. The Balaban J connectivity index is 1.88. The average molecular weight is 383 g/mol. The van der Waals surface area contributed by atoms with Gasteiger partial charge in [0.15, 0.2) is 5.82 Å². The minimum absolute atomic E-state index is 0.236. The first-order valence-electron chi connectivity index (χ1n) is 7.20. The van der Waals surface area contributed by atoms with Gasteiger partial charge in [-0.1, -0.05) is 6.07 Å². The van der Waals surface area contributed by atoms with Gasteiger partial charge in [0.1, 0.15) is 16.4 Å². The molecule has 3 rings (SSSR count). The van der Waals surface area contributed by atoms with Crippen molar-refractivity contribution in [2.24, 2.45) is 0 Å². The SMILES string of the molecule is Cc1ccnc(-n2cc(S(=O)(=O)Nc3cccc(C(F)(F)F)n3)cn2)c1. The molecule has 0 unspecified atom stereocenters. The maximum atomic E-state index is 12.7. The second-order valence-corrected chi connectivity index (χ2v) is 7.01. The molecule has 0 aromatic carbocycles. The van der Waals surface area contributed by atoms with Gasteiger partial charge in [-0.05, 0) is 36.8 Å². The van der Waals surface area contributed by atoms with Crippen LogP contribution in [0, 0.1) is 6.92 Å². The maximum absolute atomic E-state index is 12.7. The zero-order valence-electron chi connectivity index (χ0n) is 13.3. The van der Waals surface area contributed by atoms with E-state index in [9.17, 15) is 21.6 Å². The molecule has 0 saturated heterocycles. The Labute approximate surface area is 146 Å². The fraction of sp³-hybridized carbons (Fsp3) is 0.133. The summed E-state index contributed by atoms with van der Waals surface area (Å²) in [6.45, 7) is 1.84. The summed E-state index contributed by atoms with van der Waals surface area (Å²) in [5.41, 5.74) is -0.293. The van der Waals surface area contributed by atoms with Crippen LogP contribution in [-0.4, -0.2) is 28.2 Å². The molecule has 26 heavy (non-hydrogen) atoms. The smallest absolute Gasteiger partial charge is 0.263 e. The van der Waals surface area contributed by atoms with Gasteiger partial charge in [0, 0.05) is 6.20 Å². The van der Waals surface area contributed by atoms with Crippen LogP contribution in [0.2, 0.25) is 0 Å². The minimum Gasteiger partial charge on any atom is -0.263 e. The number of aryl methyl sites for hydroxylation is 1. The summed E-state index contributed by atoms with van der Waals surface area (Å²) in [6, 6.07) is 6.41. The monoisotopic (exact) mass is 383 g/mol. The number of aromatic nitrogens is 4. The van der Waals surface area contributed by atoms with Crippen LogP contribution in [0.4, 0.5) is 19.0 Å².